The molecule has 0 bridgehead atoms. The maximum atomic E-state index is 11.1. The normalized spacial score (nSPS) is 11.9. The molecule has 0 heterocycles. The third-order valence-electron chi connectivity index (χ3n) is 1.67. The molecular weight excluding hydrogens is 196 g/mol. The lowest BCUT2D eigenvalue weighted by Gasteiger charge is -2.16. The van der Waals surface area contributed by atoms with E-state index in [-0.39, 0.29) is 12.5 Å². The number of hydrogen-bond donors (Lipinski definition) is 2. The first-order valence-electron chi connectivity index (χ1n) is 4.80. The van der Waals surface area contributed by atoms with E-state index in [0.29, 0.717) is 6.42 Å². The highest BCUT2D eigenvalue weighted by molar-refractivity contribution is 5.84. The second-order valence-corrected chi connectivity index (χ2v) is 3.62. The number of rotatable bonds is 6. The fourth-order valence-electron chi connectivity index (χ4n) is 1.04. The number of alkyl carbamates (subject to hydrolysis) is 1. The van der Waals surface area contributed by atoms with Gasteiger partial charge in [0.05, 0.1) is 0 Å². The van der Waals surface area contributed by atoms with E-state index in [1.807, 2.05) is 13.8 Å². The summed E-state index contributed by atoms with van der Waals surface area (Å²) in [7, 11) is 0. The number of primary amides is 1. The molecular formula is C10H18N2O3. The minimum atomic E-state index is -0.678. The van der Waals surface area contributed by atoms with Gasteiger partial charge in [-0.3, -0.25) is 4.79 Å². The predicted octanol–water partition coefficient (Wildman–Crippen LogP) is 0.799. The van der Waals surface area contributed by atoms with E-state index >= 15 is 0 Å². The van der Waals surface area contributed by atoms with Gasteiger partial charge >= 0.3 is 6.09 Å². The Labute approximate surface area is 89.7 Å². The van der Waals surface area contributed by atoms with Crippen molar-refractivity contribution in [3.8, 4) is 0 Å². The van der Waals surface area contributed by atoms with E-state index in [4.69, 9.17) is 5.73 Å². The fraction of sp³-hybridized carbons (Fsp3) is 0.600. The lowest BCUT2D eigenvalue weighted by Crippen LogP contribution is -2.45. The molecule has 86 valence electrons. The molecule has 0 saturated carbocycles. The average molecular weight is 214 g/mol. The standard InChI is InChI=1S/C10H18N2O3/c1-4-5-15-10(14)12-8(9(11)13)6-7(2)3/h4,7-8H,1,5-6H2,2-3H3,(H2,11,13)(H,12,14)/t8-/m0/s1. The molecule has 0 rings (SSSR count). The van der Waals surface area contributed by atoms with Crippen LogP contribution in [0, 0.1) is 5.92 Å². The Balaban J connectivity index is 4.10. The number of nitrogens with one attached hydrogen (secondary N) is 1. The minimum Gasteiger partial charge on any atom is -0.445 e. The van der Waals surface area contributed by atoms with Gasteiger partial charge in [-0.1, -0.05) is 26.5 Å². The molecule has 15 heavy (non-hydrogen) atoms. The summed E-state index contributed by atoms with van der Waals surface area (Å²) in [4.78, 5) is 22.1. The number of carbonyl (C=O) groups excluding carboxylic acids is 2. The van der Waals surface area contributed by atoms with Crippen LogP contribution in [0.5, 0.6) is 0 Å². The zero-order valence-electron chi connectivity index (χ0n) is 9.16. The first kappa shape index (κ1) is 13.5. The predicted molar refractivity (Wildman–Crippen MR) is 57.1 cm³/mol. The summed E-state index contributed by atoms with van der Waals surface area (Å²) in [5.41, 5.74) is 5.13. The van der Waals surface area contributed by atoms with E-state index in [1.165, 1.54) is 6.08 Å². The van der Waals surface area contributed by atoms with Crippen molar-refractivity contribution >= 4 is 12.0 Å². The van der Waals surface area contributed by atoms with Gasteiger partial charge in [0.1, 0.15) is 12.6 Å². The first-order valence-corrected chi connectivity index (χ1v) is 4.80. The molecule has 0 fully saturated rings. The van der Waals surface area contributed by atoms with Crippen LogP contribution in [0.25, 0.3) is 0 Å². The van der Waals surface area contributed by atoms with Crippen molar-refractivity contribution in [2.75, 3.05) is 6.61 Å². The van der Waals surface area contributed by atoms with Crippen molar-refractivity contribution in [2.24, 2.45) is 11.7 Å². The highest BCUT2D eigenvalue weighted by Crippen LogP contribution is 2.04. The summed E-state index contributed by atoms with van der Waals surface area (Å²) >= 11 is 0. The Morgan fingerprint density at radius 3 is 2.53 bits per heavy atom. The van der Waals surface area contributed by atoms with Gasteiger partial charge in [-0.05, 0) is 12.3 Å². The van der Waals surface area contributed by atoms with Crippen LogP contribution in [-0.2, 0) is 9.53 Å². The van der Waals surface area contributed by atoms with Gasteiger partial charge in [0, 0.05) is 0 Å². The van der Waals surface area contributed by atoms with E-state index < -0.39 is 18.0 Å². The molecule has 0 aromatic heterocycles. The highest BCUT2D eigenvalue weighted by Gasteiger charge is 2.19. The van der Waals surface area contributed by atoms with E-state index in [0.717, 1.165) is 0 Å². The molecule has 1 atom stereocenters. The summed E-state index contributed by atoms with van der Waals surface area (Å²) in [6.45, 7) is 7.38. The molecule has 0 aliphatic carbocycles. The fourth-order valence-corrected chi connectivity index (χ4v) is 1.04. The summed E-state index contributed by atoms with van der Waals surface area (Å²) in [5, 5.41) is 2.40. The second kappa shape index (κ2) is 6.86. The van der Waals surface area contributed by atoms with Crippen LogP contribution >= 0.6 is 0 Å². The van der Waals surface area contributed by atoms with Gasteiger partial charge in [0.15, 0.2) is 0 Å². The van der Waals surface area contributed by atoms with Crippen molar-refractivity contribution in [3.05, 3.63) is 12.7 Å². The molecule has 3 N–H and O–H groups in total. The van der Waals surface area contributed by atoms with Crippen molar-refractivity contribution in [3.63, 3.8) is 0 Å². The van der Waals surface area contributed by atoms with Crippen LogP contribution in [0.3, 0.4) is 0 Å². The highest BCUT2D eigenvalue weighted by atomic mass is 16.5. The molecule has 0 aliphatic rings. The van der Waals surface area contributed by atoms with Crippen LogP contribution in [0.2, 0.25) is 0 Å². The van der Waals surface area contributed by atoms with Crippen LogP contribution < -0.4 is 11.1 Å². The molecule has 0 spiro atoms. The quantitative estimate of drug-likeness (QED) is 0.641. The van der Waals surface area contributed by atoms with Gasteiger partial charge in [-0.25, -0.2) is 4.79 Å². The topological polar surface area (TPSA) is 81.4 Å². The summed E-state index contributed by atoms with van der Waals surface area (Å²) in [6, 6.07) is -0.678. The van der Waals surface area contributed by atoms with Gasteiger partial charge in [-0.15, -0.1) is 0 Å². The van der Waals surface area contributed by atoms with Gasteiger partial charge in [0.2, 0.25) is 5.91 Å². The lowest BCUT2D eigenvalue weighted by atomic mass is 10.0. The molecule has 0 radical (unpaired) electrons. The van der Waals surface area contributed by atoms with Crippen molar-refractivity contribution < 1.29 is 14.3 Å². The Morgan fingerprint density at radius 2 is 2.13 bits per heavy atom. The van der Waals surface area contributed by atoms with Gasteiger partial charge < -0.3 is 15.8 Å². The third kappa shape index (κ3) is 6.54. The SMILES string of the molecule is C=CCOC(=O)N[C@@H](CC(C)C)C(N)=O. The Bertz CT molecular complexity index is 239. The number of ether oxygens (including phenoxy) is 1. The van der Waals surface area contributed by atoms with Crippen molar-refractivity contribution in [1.82, 2.24) is 5.32 Å². The van der Waals surface area contributed by atoms with Crippen LogP contribution in [0.15, 0.2) is 12.7 Å². The molecule has 0 saturated heterocycles. The Hall–Kier alpha value is -1.52. The zero-order valence-corrected chi connectivity index (χ0v) is 9.16. The number of carbonyl (C=O) groups is 2. The maximum Gasteiger partial charge on any atom is 0.408 e. The minimum absolute atomic E-state index is 0.110. The van der Waals surface area contributed by atoms with Gasteiger partial charge in [0.25, 0.3) is 0 Å². The summed E-state index contributed by atoms with van der Waals surface area (Å²) in [6.07, 6.45) is 1.29. The van der Waals surface area contributed by atoms with E-state index in [2.05, 4.69) is 16.6 Å². The van der Waals surface area contributed by atoms with Crippen LogP contribution in [0.4, 0.5) is 4.79 Å². The molecule has 5 heteroatoms. The molecule has 0 aromatic rings. The Morgan fingerprint density at radius 1 is 1.53 bits per heavy atom. The number of nitrogens with two attached hydrogens (primary N) is 1. The first-order chi connectivity index (χ1) is 6.97. The molecule has 0 aromatic carbocycles. The van der Waals surface area contributed by atoms with E-state index in [1.54, 1.807) is 0 Å². The monoisotopic (exact) mass is 214 g/mol. The molecule has 5 nitrogen and oxygen atoms in total. The number of amides is 2. The zero-order chi connectivity index (χ0) is 11.8. The average Bonchev–Trinajstić information content (AvgIpc) is 2.12. The summed E-state index contributed by atoms with van der Waals surface area (Å²) in [5.74, 6) is -0.290. The largest absolute Gasteiger partial charge is 0.445 e. The van der Waals surface area contributed by atoms with E-state index in [9.17, 15) is 9.59 Å². The smallest absolute Gasteiger partial charge is 0.408 e. The second-order valence-electron chi connectivity index (χ2n) is 3.62. The van der Waals surface area contributed by atoms with Crippen molar-refractivity contribution in [1.29, 1.82) is 0 Å². The van der Waals surface area contributed by atoms with Gasteiger partial charge in [-0.2, -0.15) is 0 Å². The molecule has 0 unspecified atom stereocenters. The van der Waals surface area contributed by atoms with Crippen LogP contribution in [0.1, 0.15) is 20.3 Å². The molecule has 2 amide bonds. The molecule has 0 aliphatic heterocycles. The van der Waals surface area contributed by atoms with Crippen molar-refractivity contribution in [2.45, 2.75) is 26.3 Å². The lowest BCUT2D eigenvalue weighted by molar-refractivity contribution is -0.120. The summed E-state index contributed by atoms with van der Waals surface area (Å²) < 4.78 is 4.68. The van der Waals surface area contributed by atoms with Crippen LogP contribution in [-0.4, -0.2) is 24.6 Å². The number of hydrogen-bond acceptors (Lipinski definition) is 3. The maximum absolute atomic E-state index is 11.1. The Kier molecular flexibility index (Phi) is 6.17. The third-order valence-corrected chi connectivity index (χ3v) is 1.67.